The number of nitrogens with zero attached hydrogens (tertiary/aromatic N) is 4. The van der Waals surface area contributed by atoms with Gasteiger partial charge in [-0.25, -0.2) is 8.42 Å². The molecule has 5 rings (SSSR count). The maximum atomic E-state index is 12.1. The van der Waals surface area contributed by atoms with Crippen molar-refractivity contribution in [3.8, 4) is 10.4 Å². The number of hydrogen-bond donors (Lipinski definition) is 1. The predicted octanol–water partition coefficient (Wildman–Crippen LogP) is 2.09. The van der Waals surface area contributed by atoms with Crippen LogP contribution in [0.1, 0.15) is 0 Å². The van der Waals surface area contributed by atoms with E-state index >= 15 is 0 Å². The van der Waals surface area contributed by atoms with Crippen LogP contribution in [-0.4, -0.2) is 106 Å². The number of aromatic amines is 1. The van der Waals surface area contributed by atoms with Crippen molar-refractivity contribution in [1.82, 2.24) is 19.4 Å². The van der Waals surface area contributed by atoms with Crippen LogP contribution in [0.25, 0.3) is 21.3 Å². The number of morpholine rings is 1. The summed E-state index contributed by atoms with van der Waals surface area (Å²) in [5.41, 5.74) is 3.45. The lowest BCUT2D eigenvalue weighted by molar-refractivity contribution is -0.00340. The van der Waals surface area contributed by atoms with E-state index in [0.29, 0.717) is 32.8 Å². The van der Waals surface area contributed by atoms with Gasteiger partial charge in [0.2, 0.25) is 10.0 Å². The largest absolute Gasteiger partial charge is 0.383 e. The third-order valence-electron chi connectivity index (χ3n) is 6.60. The van der Waals surface area contributed by atoms with Crippen molar-refractivity contribution in [2.45, 2.75) is 12.1 Å². The van der Waals surface area contributed by atoms with Crippen LogP contribution in [0.5, 0.6) is 0 Å². The summed E-state index contributed by atoms with van der Waals surface area (Å²) in [5, 5.41) is 10.6. The van der Waals surface area contributed by atoms with Gasteiger partial charge in [-0.2, -0.15) is 9.40 Å². The zero-order valence-corrected chi connectivity index (χ0v) is 21.1. The van der Waals surface area contributed by atoms with Crippen LogP contribution >= 0.6 is 11.3 Å². The lowest BCUT2D eigenvalue weighted by Crippen LogP contribution is -2.58. The second-order valence-electron chi connectivity index (χ2n) is 8.99. The fourth-order valence-corrected chi connectivity index (χ4v) is 7.04. The number of anilines is 1. The van der Waals surface area contributed by atoms with E-state index in [-0.39, 0.29) is 12.1 Å². The Morgan fingerprint density at radius 2 is 2.15 bits per heavy atom. The molecule has 2 fully saturated rings. The van der Waals surface area contributed by atoms with Crippen LogP contribution in [0.15, 0.2) is 35.8 Å². The van der Waals surface area contributed by atoms with Crippen molar-refractivity contribution in [2.24, 2.45) is 0 Å². The monoisotopic (exact) mass is 505 g/mol. The number of H-pyrrole nitrogens is 1. The van der Waals surface area contributed by atoms with E-state index in [9.17, 15) is 8.42 Å². The molecule has 0 spiro atoms. The van der Waals surface area contributed by atoms with Gasteiger partial charge in [-0.1, -0.05) is 12.1 Å². The van der Waals surface area contributed by atoms with E-state index in [2.05, 4.69) is 43.6 Å². The van der Waals surface area contributed by atoms with Crippen molar-refractivity contribution < 1.29 is 17.9 Å². The summed E-state index contributed by atoms with van der Waals surface area (Å²) in [5.74, 6) is 0. The molecule has 2 saturated heterocycles. The Balaban J connectivity index is 1.24. The number of thiophene rings is 1. The van der Waals surface area contributed by atoms with Crippen molar-refractivity contribution in [3.05, 3.63) is 35.8 Å². The number of sulfonamides is 1. The molecule has 0 amide bonds. The van der Waals surface area contributed by atoms with Gasteiger partial charge in [0.1, 0.15) is 0 Å². The first kappa shape index (κ1) is 23.7. The topological polar surface area (TPSA) is 91.0 Å². The molecular weight excluding hydrogens is 474 g/mol. The maximum Gasteiger partial charge on any atom is 0.211 e. The van der Waals surface area contributed by atoms with Gasteiger partial charge in [0, 0.05) is 73.3 Å². The molecule has 3 aromatic rings. The summed E-state index contributed by atoms with van der Waals surface area (Å²) < 4.78 is 37.3. The Morgan fingerprint density at radius 3 is 2.97 bits per heavy atom. The first-order valence-corrected chi connectivity index (χ1v) is 14.2. The molecule has 184 valence electrons. The third kappa shape index (κ3) is 5.00. The molecule has 2 aromatic heterocycles. The number of fused-ring (bicyclic) bond motifs is 1. The predicted molar refractivity (Wildman–Crippen MR) is 135 cm³/mol. The van der Waals surface area contributed by atoms with Gasteiger partial charge in [-0.15, -0.1) is 11.3 Å². The number of nitrogens with one attached hydrogen (secondary N) is 1. The normalized spacial score (nSPS) is 23.1. The highest BCUT2D eigenvalue weighted by atomic mass is 32.2. The minimum Gasteiger partial charge on any atom is -0.383 e. The summed E-state index contributed by atoms with van der Waals surface area (Å²) in [6.45, 7) is 5.35. The van der Waals surface area contributed by atoms with Crippen LogP contribution in [0.4, 0.5) is 5.69 Å². The van der Waals surface area contributed by atoms with Crippen LogP contribution in [0.2, 0.25) is 0 Å². The molecule has 1 aromatic carbocycles. The first-order chi connectivity index (χ1) is 16.4. The smallest absolute Gasteiger partial charge is 0.211 e. The van der Waals surface area contributed by atoms with Crippen molar-refractivity contribution >= 4 is 38.0 Å². The molecule has 2 atom stereocenters. The number of hydrogen-bond acceptors (Lipinski definition) is 8. The second-order valence-corrected chi connectivity index (χ2v) is 11.8. The van der Waals surface area contributed by atoms with E-state index in [4.69, 9.17) is 9.47 Å². The van der Waals surface area contributed by atoms with E-state index in [1.165, 1.54) is 22.4 Å². The van der Waals surface area contributed by atoms with Crippen LogP contribution < -0.4 is 4.90 Å². The number of aromatic nitrogens is 2. The average Bonchev–Trinajstić information content (AvgIpc) is 3.49. The molecule has 1 N–H and O–H groups in total. The van der Waals surface area contributed by atoms with Gasteiger partial charge in [0.25, 0.3) is 0 Å². The Labute approximate surface area is 204 Å². The zero-order valence-electron chi connectivity index (χ0n) is 19.5. The Hall–Kier alpha value is -2.02. The fraction of sp³-hybridized carbons (Fsp3) is 0.522. The van der Waals surface area contributed by atoms with E-state index in [1.54, 1.807) is 22.8 Å². The summed E-state index contributed by atoms with van der Waals surface area (Å²) in [6, 6.07) is 8.33. The van der Waals surface area contributed by atoms with Crippen LogP contribution in [-0.2, 0) is 19.5 Å². The first-order valence-electron chi connectivity index (χ1n) is 11.5. The van der Waals surface area contributed by atoms with Crippen LogP contribution in [0.3, 0.4) is 0 Å². The van der Waals surface area contributed by atoms with Crippen LogP contribution in [0, 0.1) is 0 Å². The molecule has 0 radical (unpaired) electrons. The molecule has 0 bridgehead atoms. The SMILES string of the molecule is COCC1CN(CC2CN(c3csc(-c4cccc5[nH]ncc45)c3)CCO2)CCN1S(C)(=O)=O. The number of piperazine rings is 1. The van der Waals surface area contributed by atoms with E-state index in [0.717, 1.165) is 30.5 Å². The Morgan fingerprint density at radius 1 is 1.26 bits per heavy atom. The van der Waals surface area contributed by atoms with Crippen molar-refractivity contribution in [3.63, 3.8) is 0 Å². The van der Waals surface area contributed by atoms with E-state index in [1.807, 2.05) is 12.3 Å². The van der Waals surface area contributed by atoms with Crippen molar-refractivity contribution in [1.29, 1.82) is 0 Å². The fourth-order valence-electron chi connectivity index (χ4n) is 5.00. The summed E-state index contributed by atoms with van der Waals surface area (Å²) >= 11 is 1.75. The quantitative estimate of drug-likeness (QED) is 0.526. The highest BCUT2D eigenvalue weighted by Gasteiger charge is 2.34. The Kier molecular flexibility index (Phi) is 6.92. The summed E-state index contributed by atoms with van der Waals surface area (Å²) in [7, 11) is -1.63. The molecule has 2 aliphatic heterocycles. The van der Waals surface area contributed by atoms with Crippen molar-refractivity contribution in [2.75, 3.05) is 70.7 Å². The summed E-state index contributed by atoms with van der Waals surface area (Å²) in [4.78, 5) is 5.92. The summed E-state index contributed by atoms with van der Waals surface area (Å²) in [6.07, 6.45) is 3.23. The Bertz CT molecular complexity index is 1230. The average molecular weight is 506 g/mol. The molecular formula is C23H31N5O4S2. The lowest BCUT2D eigenvalue weighted by atomic mass is 10.1. The van der Waals surface area contributed by atoms with Gasteiger partial charge in [-0.3, -0.25) is 10.00 Å². The van der Waals surface area contributed by atoms with Gasteiger partial charge < -0.3 is 14.4 Å². The minimum atomic E-state index is -3.25. The maximum absolute atomic E-state index is 12.1. The van der Waals surface area contributed by atoms with Gasteiger partial charge in [0.15, 0.2) is 0 Å². The number of benzene rings is 1. The van der Waals surface area contributed by atoms with Gasteiger partial charge >= 0.3 is 0 Å². The highest BCUT2D eigenvalue weighted by Crippen LogP contribution is 2.36. The van der Waals surface area contributed by atoms with Gasteiger partial charge in [0.05, 0.1) is 43.3 Å². The minimum absolute atomic E-state index is 0.0717. The number of methoxy groups -OCH3 is 1. The molecule has 11 heteroatoms. The molecule has 0 saturated carbocycles. The molecule has 34 heavy (non-hydrogen) atoms. The molecule has 2 aliphatic rings. The van der Waals surface area contributed by atoms with Gasteiger partial charge in [-0.05, 0) is 12.1 Å². The lowest BCUT2D eigenvalue weighted by Gasteiger charge is -2.42. The molecule has 9 nitrogen and oxygen atoms in total. The number of rotatable bonds is 7. The van der Waals surface area contributed by atoms with E-state index < -0.39 is 10.0 Å². The second kappa shape index (κ2) is 9.92. The number of ether oxygens (including phenoxy) is 2. The standard InChI is InChI=1S/C23H31N5O4S2/c1-31-15-18-12-26(6-7-28(18)34(2,29)30)13-19-14-27(8-9-32-19)17-10-23(33-16-17)20-4-3-5-22-21(20)11-24-25-22/h3-5,10-11,16,18-19H,6-9,12-15H2,1-2H3,(H,24,25). The molecule has 0 aliphatic carbocycles. The molecule has 4 heterocycles. The molecule has 2 unspecified atom stereocenters. The third-order valence-corrected chi connectivity index (χ3v) is 8.88. The highest BCUT2D eigenvalue weighted by molar-refractivity contribution is 7.88. The zero-order chi connectivity index (χ0) is 23.7.